The van der Waals surface area contributed by atoms with E-state index in [2.05, 4.69) is 20.8 Å². The predicted octanol–water partition coefficient (Wildman–Crippen LogP) is 0.424. The molecule has 0 aromatic heterocycles. The van der Waals surface area contributed by atoms with E-state index in [1.807, 2.05) is 0 Å². The standard InChI is InChI=1S/C17H28O6/c1-15(2)8-5-6-16(15,3)17(7-8)22-13-10(19)9(18)12(21-4)11(20)14(13)23-17/h8-14,18-20H,5-7H2,1-4H3/t8-,9+,10+,11+,12-,13-,14+,16-,17-/m0/s1. The van der Waals surface area contributed by atoms with Gasteiger partial charge in [-0.15, -0.1) is 0 Å². The Hall–Kier alpha value is -0.240. The van der Waals surface area contributed by atoms with Crippen LogP contribution in [0.4, 0.5) is 0 Å². The molecular formula is C17H28O6. The minimum Gasteiger partial charge on any atom is -0.387 e. The van der Waals surface area contributed by atoms with E-state index in [0.29, 0.717) is 5.92 Å². The molecule has 0 amide bonds. The number of hydrogen-bond acceptors (Lipinski definition) is 6. The zero-order valence-electron chi connectivity index (χ0n) is 14.2. The van der Waals surface area contributed by atoms with Crippen molar-refractivity contribution >= 4 is 0 Å². The highest BCUT2D eigenvalue weighted by atomic mass is 16.8. The van der Waals surface area contributed by atoms with Crippen molar-refractivity contribution in [1.82, 2.24) is 0 Å². The van der Waals surface area contributed by atoms with Crippen LogP contribution in [0.15, 0.2) is 0 Å². The summed E-state index contributed by atoms with van der Waals surface area (Å²) >= 11 is 0. The van der Waals surface area contributed by atoms with Gasteiger partial charge in [0.2, 0.25) is 0 Å². The van der Waals surface area contributed by atoms with E-state index < -0.39 is 42.4 Å². The second kappa shape index (κ2) is 4.68. The Labute approximate surface area is 136 Å². The van der Waals surface area contributed by atoms with Gasteiger partial charge in [-0.3, -0.25) is 0 Å². The molecule has 1 heterocycles. The van der Waals surface area contributed by atoms with E-state index in [0.717, 1.165) is 19.3 Å². The molecule has 3 aliphatic carbocycles. The Balaban J connectivity index is 1.70. The third-order valence-electron chi connectivity index (χ3n) is 7.74. The topological polar surface area (TPSA) is 88.4 Å². The number of hydrogen-bond donors (Lipinski definition) is 3. The summed E-state index contributed by atoms with van der Waals surface area (Å²) in [7, 11) is 1.41. The Morgan fingerprint density at radius 3 is 2.04 bits per heavy atom. The molecule has 1 aliphatic heterocycles. The van der Waals surface area contributed by atoms with Crippen molar-refractivity contribution in [3.8, 4) is 0 Å². The predicted molar refractivity (Wildman–Crippen MR) is 80.5 cm³/mol. The van der Waals surface area contributed by atoms with Crippen LogP contribution in [0.5, 0.6) is 0 Å². The Kier molecular flexibility index (Phi) is 3.31. The quantitative estimate of drug-likeness (QED) is 0.647. The summed E-state index contributed by atoms with van der Waals surface area (Å²) in [4.78, 5) is 0. The lowest BCUT2D eigenvalue weighted by molar-refractivity contribution is -0.257. The monoisotopic (exact) mass is 328 g/mol. The van der Waals surface area contributed by atoms with Crippen molar-refractivity contribution in [2.75, 3.05) is 7.11 Å². The summed E-state index contributed by atoms with van der Waals surface area (Å²) in [5, 5.41) is 31.2. The van der Waals surface area contributed by atoms with E-state index in [9.17, 15) is 15.3 Å². The van der Waals surface area contributed by atoms with Crippen molar-refractivity contribution < 1.29 is 29.5 Å². The summed E-state index contributed by atoms with van der Waals surface area (Å²) in [6, 6.07) is 0. The first-order valence-corrected chi connectivity index (χ1v) is 8.61. The number of rotatable bonds is 1. The van der Waals surface area contributed by atoms with Crippen molar-refractivity contribution in [3.05, 3.63) is 0 Å². The molecule has 3 saturated carbocycles. The van der Waals surface area contributed by atoms with Gasteiger partial charge in [-0.25, -0.2) is 0 Å². The van der Waals surface area contributed by atoms with Gasteiger partial charge >= 0.3 is 0 Å². The molecule has 1 spiro atoms. The zero-order valence-corrected chi connectivity index (χ0v) is 14.2. The van der Waals surface area contributed by atoms with Crippen molar-refractivity contribution in [3.63, 3.8) is 0 Å². The molecule has 6 heteroatoms. The van der Waals surface area contributed by atoms with Crippen LogP contribution in [0, 0.1) is 16.7 Å². The SMILES string of the molecule is CO[C@H]1[C@H](O)[C@@H](O)[C@@H]2O[C@@]3(C[C@@H]4CC[C@@]3(C)C4(C)C)O[C@@H]2[C@@H]1O. The van der Waals surface area contributed by atoms with Gasteiger partial charge in [0.1, 0.15) is 36.6 Å². The first kappa shape index (κ1) is 16.2. The second-order valence-electron chi connectivity index (χ2n) is 8.58. The summed E-state index contributed by atoms with van der Waals surface area (Å²) < 4.78 is 17.8. The first-order chi connectivity index (χ1) is 10.7. The fraction of sp³-hybridized carbons (Fsp3) is 1.00. The van der Waals surface area contributed by atoms with Crippen LogP contribution in [-0.2, 0) is 14.2 Å². The lowest BCUT2D eigenvalue weighted by atomic mass is 9.68. The lowest BCUT2D eigenvalue weighted by Crippen LogP contribution is -2.63. The molecular weight excluding hydrogens is 300 g/mol. The van der Waals surface area contributed by atoms with Crippen LogP contribution in [0.1, 0.15) is 40.0 Å². The minimum absolute atomic E-state index is 0.0790. The number of fused-ring (bicyclic) bond motifs is 4. The fourth-order valence-electron chi connectivity index (χ4n) is 5.73. The maximum absolute atomic E-state index is 10.6. The average molecular weight is 328 g/mol. The van der Waals surface area contributed by atoms with Crippen molar-refractivity contribution in [1.29, 1.82) is 0 Å². The van der Waals surface area contributed by atoms with E-state index in [1.54, 1.807) is 0 Å². The van der Waals surface area contributed by atoms with Crippen LogP contribution >= 0.6 is 0 Å². The van der Waals surface area contributed by atoms with Gasteiger partial charge in [-0.05, 0) is 24.2 Å². The van der Waals surface area contributed by atoms with Crippen LogP contribution < -0.4 is 0 Å². The largest absolute Gasteiger partial charge is 0.387 e. The molecule has 0 aromatic carbocycles. The number of methoxy groups -OCH3 is 1. The lowest BCUT2D eigenvalue weighted by Gasteiger charge is -2.45. The van der Waals surface area contributed by atoms with Gasteiger partial charge in [0, 0.05) is 18.9 Å². The summed E-state index contributed by atoms with van der Waals surface area (Å²) in [6.07, 6.45) is -2.67. The molecule has 9 atom stereocenters. The molecule has 4 fully saturated rings. The molecule has 4 rings (SSSR count). The maximum Gasteiger partial charge on any atom is 0.175 e. The molecule has 23 heavy (non-hydrogen) atoms. The molecule has 0 radical (unpaired) electrons. The highest BCUT2D eigenvalue weighted by Gasteiger charge is 2.75. The molecule has 3 N–H and O–H groups in total. The number of ether oxygens (including phenoxy) is 3. The zero-order chi connectivity index (χ0) is 16.8. The molecule has 6 nitrogen and oxygen atoms in total. The number of aliphatic hydroxyl groups is 3. The van der Waals surface area contributed by atoms with Gasteiger partial charge in [0.15, 0.2) is 5.79 Å². The summed E-state index contributed by atoms with van der Waals surface area (Å²) in [6.45, 7) is 6.71. The maximum atomic E-state index is 10.6. The van der Waals surface area contributed by atoms with Gasteiger partial charge in [0.05, 0.1) is 0 Å². The molecule has 0 unspecified atom stereocenters. The average Bonchev–Trinajstić information content (AvgIpc) is 3.04. The second-order valence-corrected chi connectivity index (χ2v) is 8.58. The molecule has 2 bridgehead atoms. The summed E-state index contributed by atoms with van der Waals surface area (Å²) in [5.74, 6) is -0.288. The van der Waals surface area contributed by atoms with Crippen LogP contribution in [0.2, 0.25) is 0 Å². The highest BCUT2D eigenvalue weighted by molar-refractivity contribution is 5.19. The Bertz CT molecular complexity index is 509. The molecule has 1 saturated heterocycles. The molecule has 4 aliphatic rings. The third kappa shape index (κ3) is 1.70. The van der Waals surface area contributed by atoms with Crippen LogP contribution in [0.3, 0.4) is 0 Å². The first-order valence-electron chi connectivity index (χ1n) is 8.61. The van der Waals surface area contributed by atoms with Gasteiger partial charge in [-0.2, -0.15) is 0 Å². The minimum atomic E-state index is -1.19. The third-order valence-corrected chi connectivity index (χ3v) is 7.74. The van der Waals surface area contributed by atoms with E-state index in [1.165, 1.54) is 7.11 Å². The van der Waals surface area contributed by atoms with Gasteiger partial charge in [0.25, 0.3) is 0 Å². The van der Waals surface area contributed by atoms with E-state index in [4.69, 9.17) is 14.2 Å². The van der Waals surface area contributed by atoms with Crippen LogP contribution in [0.25, 0.3) is 0 Å². The van der Waals surface area contributed by atoms with Crippen LogP contribution in [-0.4, -0.2) is 64.8 Å². The summed E-state index contributed by atoms with van der Waals surface area (Å²) in [5.41, 5.74) is -0.0926. The van der Waals surface area contributed by atoms with E-state index in [-0.39, 0.29) is 10.8 Å². The van der Waals surface area contributed by atoms with Crippen molar-refractivity contribution in [2.24, 2.45) is 16.7 Å². The Morgan fingerprint density at radius 1 is 0.957 bits per heavy atom. The highest BCUT2D eigenvalue weighted by Crippen LogP contribution is 2.72. The molecule has 0 aromatic rings. The smallest absolute Gasteiger partial charge is 0.175 e. The number of aliphatic hydroxyl groups excluding tert-OH is 3. The Morgan fingerprint density at radius 2 is 1.57 bits per heavy atom. The van der Waals surface area contributed by atoms with Crippen molar-refractivity contribution in [2.45, 2.75) is 82.4 Å². The fourth-order valence-corrected chi connectivity index (χ4v) is 5.73. The van der Waals surface area contributed by atoms with Gasteiger partial charge < -0.3 is 29.5 Å². The molecule has 132 valence electrons. The normalized spacial score (nSPS) is 60.4. The van der Waals surface area contributed by atoms with E-state index >= 15 is 0 Å². The van der Waals surface area contributed by atoms with Gasteiger partial charge in [-0.1, -0.05) is 20.8 Å².